The molecule has 0 aliphatic carbocycles. The van der Waals surface area contributed by atoms with Gasteiger partial charge in [-0.05, 0) is 12.5 Å². The molecule has 3 N–H and O–H groups in total. The lowest BCUT2D eigenvalue weighted by Crippen LogP contribution is -2.39. The SMILES string of the molecule is O=C(NCCCO)NCc1cccnc1N1CCOCC1. The first-order chi connectivity index (χ1) is 10.3. The summed E-state index contributed by atoms with van der Waals surface area (Å²) >= 11 is 0. The Hall–Kier alpha value is -1.86. The van der Waals surface area contributed by atoms with Crippen LogP contribution in [0.5, 0.6) is 0 Å². The molecule has 1 saturated heterocycles. The fourth-order valence-electron chi connectivity index (χ4n) is 2.15. The van der Waals surface area contributed by atoms with Crippen molar-refractivity contribution in [2.45, 2.75) is 13.0 Å². The molecule has 2 amide bonds. The largest absolute Gasteiger partial charge is 0.396 e. The first-order valence-electron chi connectivity index (χ1n) is 7.20. The molecule has 0 radical (unpaired) electrons. The van der Waals surface area contributed by atoms with Crippen molar-refractivity contribution in [1.82, 2.24) is 15.6 Å². The Balaban J connectivity index is 1.89. The number of aromatic nitrogens is 1. The predicted molar refractivity (Wildman–Crippen MR) is 79.2 cm³/mol. The minimum absolute atomic E-state index is 0.0735. The molecule has 7 nitrogen and oxygen atoms in total. The summed E-state index contributed by atoms with van der Waals surface area (Å²) < 4.78 is 5.34. The molecule has 1 aromatic rings. The fraction of sp³-hybridized carbons (Fsp3) is 0.571. The molecule has 116 valence electrons. The Bertz CT molecular complexity index is 450. The number of anilines is 1. The van der Waals surface area contributed by atoms with E-state index in [2.05, 4.69) is 20.5 Å². The number of morpholine rings is 1. The van der Waals surface area contributed by atoms with Crippen LogP contribution < -0.4 is 15.5 Å². The van der Waals surface area contributed by atoms with Crippen LogP contribution in [0, 0.1) is 0 Å². The molecule has 0 unspecified atom stereocenters. The van der Waals surface area contributed by atoms with Crippen molar-refractivity contribution < 1.29 is 14.6 Å². The zero-order valence-corrected chi connectivity index (χ0v) is 12.0. The summed E-state index contributed by atoms with van der Waals surface area (Å²) in [7, 11) is 0. The number of hydrogen-bond donors (Lipinski definition) is 3. The second kappa shape index (κ2) is 8.43. The zero-order chi connectivity index (χ0) is 14.9. The molecule has 0 saturated carbocycles. The van der Waals surface area contributed by atoms with Gasteiger partial charge in [0, 0.05) is 44.5 Å². The summed E-state index contributed by atoms with van der Waals surface area (Å²) in [5.41, 5.74) is 0.983. The van der Waals surface area contributed by atoms with E-state index in [9.17, 15) is 4.79 Å². The summed E-state index contributed by atoms with van der Waals surface area (Å²) in [5, 5.41) is 14.2. The Morgan fingerprint density at radius 1 is 1.38 bits per heavy atom. The number of pyridine rings is 1. The average Bonchev–Trinajstić information content (AvgIpc) is 2.54. The molecule has 1 aliphatic heterocycles. The van der Waals surface area contributed by atoms with Gasteiger partial charge in [0.15, 0.2) is 0 Å². The highest BCUT2D eigenvalue weighted by molar-refractivity contribution is 5.74. The molecule has 0 bridgehead atoms. The van der Waals surface area contributed by atoms with Crippen molar-refractivity contribution in [3.8, 4) is 0 Å². The predicted octanol–water partition coefficient (Wildman–Crippen LogP) is 0.0998. The van der Waals surface area contributed by atoms with Gasteiger partial charge in [0.25, 0.3) is 0 Å². The van der Waals surface area contributed by atoms with Crippen molar-refractivity contribution in [3.05, 3.63) is 23.9 Å². The van der Waals surface area contributed by atoms with E-state index >= 15 is 0 Å². The van der Waals surface area contributed by atoms with Crippen molar-refractivity contribution in [2.75, 3.05) is 44.4 Å². The van der Waals surface area contributed by atoms with Gasteiger partial charge in [-0.1, -0.05) is 6.07 Å². The number of ether oxygens (including phenoxy) is 1. The van der Waals surface area contributed by atoms with Crippen LogP contribution in [0.25, 0.3) is 0 Å². The minimum Gasteiger partial charge on any atom is -0.396 e. The highest BCUT2D eigenvalue weighted by Crippen LogP contribution is 2.18. The molecule has 1 aliphatic rings. The molecular formula is C14H22N4O3. The smallest absolute Gasteiger partial charge is 0.315 e. The van der Waals surface area contributed by atoms with Crippen LogP contribution in [0.15, 0.2) is 18.3 Å². The van der Waals surface area contributed by atoms with Gasteiger partial charge >= 0.3 is 6.03 Å². The van der Waals surface area contributed by atoms with Crippen molar-refractivity contribution in [2.24, 2.45) is 0 Å². The van der Waals surface area contributed by atoms with E-state index in [0.29, 0.717) is 32.7 Å². The van der Waals surface area contributed by atoms with E-state index in [-0.39, 0.29) is 12.6 Å². The van der Waals surface area contributed by atoms with E-state index in [4.69, 9.17) is 9.84 Å². The quantitative estimate of drug-likeness (QED) is 0.648. The third-order valence-electron chi connectivity index (χ3n) is 3.24. The van der Waals surface area contributed by atoms with Crippen molar-refractivity contribution in [3.63, 3.8) is 0 Å². The molecule has 0 aromatic carbocycles. The molecular weight excluding hydrogens is 272 g/mol. The maximum atomic E-state index is 11.6. The lowest BCUT2D eigenvalue weighted by atomic mass is 10.2. The summed E-state index contributed by atoms with van der Waals surface area (Å²) in [6.07, 6.45) is 2.31. The van der Waals surface area contributed by atoms with Gasteiger partial charge in [-0.25, -0.2) is 9.78 Å². The number of urea groups is 1. The van der Waals surface area contributed by atoms with E-state index in [1.165, 1.54) is 0 Å². The van der Waals surface area contributed by atoms with Crippen LogP contribution in [0.1, 0.15) is 12.0 Å². The molecule has 1 aromatic heterocycles. The number of hydrogen-bond acceptors (Lipinski definition) is 5. The second-order valence-electron chi connectivity index (χ2n) is 4.77. The number of rotatable bonds is 6. The Morgan fingerprint density at radius 2 is 2.19 bits per heavy atom. The zero-order valence-electron chi connectivity index (χ0n) is 12.0. The average molecular weight is 294 g/mol. The third-order valence-corrected chi connectivity index (χ3v) is 3.24. The van der Waals surface area contributed by atoms with E-state index in [0.717, 1.165) is 24.5 Å². The van der Waals surface area contributed by atoms with Gasteiger partial charge in [-0.15, -0.1) is 0 Å². The van der Waals surface area contributed by atoms with Crippen molar-refractivity contribution in [1.29, 1.82) is 0 Å². The second-order valence-corrected chi connectivity index (χ2v) is 4.77. The van der Waals surface area contributed by atoms with E-state index < -0.39 is 0 Å². The van der Waals surface area contributed by atoms with E-state index in [1.54, 1.807) is 6.20 Å². The minimum atomic E-state index is -0.236. The molecule has 0 spiro atoms. The number of aliphatic hydroxyl groups excluding tert-OH is 1. The monoisotopic (exact) mass is 294 g/mol. The molecule has 7 heteroatoms. The fourth-order valence-corrected chi connectivity index (χ4v) is 2.15. The number of nitrogens with zero attached hydrogens (tertiary/aromatic N) is 2. The van der Waals surface area contributed by atoms with Gasteiger partial charge < -0.3 is 25.4 Å². The summed E-state index contributed by atoms with van der Waals surface area (Å²) in [5.74, 6) is 0.899. The van der Waals surface area contributed by atoms with Gasteiger partial charge in [-0.2, -0.15) is 0 Å². The van der Waals surface area contributed by atoms with Gasteiger partial charge in [0.2, 0.25) is 0 Å². The standard InChI is InChI=1S/C14H22N4O3/c19-8-2-5-16-14(20)17-11-12-3-1-4-15-13(12)18-6-9-21-10-7-18/h1,3-4,19H,2,5-11H2,(H2,16,17,20). The number of carbonyl (C=O) groups excluding carboxylic acids is 1. The number of aliphatic hydroxyl groups is 1. The highest BCUT2D eigenvalue weighted by Gasteiger charge is 2.15. The maximum Gasteiger partial charge on any atom is 0.315 e. The van der Waals surface area contributed by atoms with Gasteiger partial charge in [-0.3, -0.25) is 0 Å². The lowest BCUT2D eigenvalue weighted by molar-refractivity contribution is 0.122. The summed E-state index contributed by atoms with van der Waals surface area (Å²) in [4.78, 5) is 18.2. The lowest BCUT2D eigenvalue weighted by Gasteiger charge is -2.29. The van der Waals surface area contributed by atoms with Crippen LogP contribution in [0.4, 0.5) is 10.6 Å². The number of amides is 2. The van der Waals surface area contributed by atoms with Crippen LogP contribution in [0.2, 0.25) is 0 Å². The Morgan fingerprint density at radius 3 is 2.95 bits per heavy atom. The van der Waals surface area contributed by atoms with Crippen LogP contribution in [-0.2, 0) is 11.3 Å². The summed E-state index contributed by atoms with van der Waals surface area (Å²) in [6.45, 7) is 3.98. The molecule has 2 rings (SSSR count). The van der Waals surface area contributed by atoms with Gasteiger partial charge in [0.05, 0.1) is 13.2 Å². The maximum absolute atomic E-state index is 11.6. The van der Waals surface area contributed by atoms with E-state index in [1.807, 2.05) is 12.1 Å². The molecule has 2 heterocycles. The summed E-state index contributed by atoms with van der Waals surface area (Å²) in [6, 6.07) is 3.59. The van der Waals surface area contributed by atoms with Crippen LogP contribution >= 0.6 is 0 Å². The Labute approximate surface area is 124 Å². The van der Waals surface area contributed by atoms with Crippen LogP contribution in [-0.4, -0.2) is 55.6 Å². The first kappa shape index (κ1) is 15.5. The first-order valence-corrected chi connectivity index (χ1v) is 7.20. The number of nitrogens with one attached hydrogen (secondary N) is 2. The molecule has 1 fully saturated rings. The molecule has 21 heavy (non-hydrogen) atoms. The van der Waals surface area contributed by atoms with Crippen LogP contribution in [0.3, 0.4) is 0 Å². The van der Waals surface area contributed by atoms with Crippen molar-refractivity contribution >= 4 is 11.8 Å². The van der Waals surface area contributed by atoms with Gasteiger partial charge in [0.1, 0.15) is 5.82 Å². The number of carbonyl (C=O) groups is 1. The normalized spacial score (nSPS) is 14.8. The third kappa shape index (κ3) is 4.87. The Kier molecular flexibility index (Phi) is 6.23. The topological polar surface area (TPSA) is 86.7 Å². The highest BCUT2D eigenvalue weighted by atomic mass is 16.5. The molecule has 0 atom stereocenters.